The summed E-state index contributed by atoms with van der Waals surface area (Å²) in [6.45, 7) is 1.76. The van der Waals surface area contributed by atoms with Crippen molar-refractivity contribution in [2.24, 2.45) is 11.8 Å². The maximum absolute atomic E-state index is 11.0. The minimum Gasteiger partial charge on any atom is -0.477 e. The quantitative estimate of drug-likeness (QED) is 0.224. The summed E-state index contributed by atoms with van der Waals surface area (Å²) < 4.78 is 0. The Balaban J connectivity index is 1.84. The Bertz CT molecular complexity index is 646. The summed E-state index contributed by atoms with van der Waals surface area (Å²) in [5.41, 5.74) is 0. The number of carboxylic acids is 1. The van der Waals surface area contributed by atoms with Gasteiger partial charge < -0.3 is 15.3 Å². The first kappa shape index (κ1) is 23.7. The van der Waals surface area contributed by atoms with Crippen molar-refractivity contribution in [2.75, 3.05) is 0 Å². The van der Waals surface area contributed by atoms with E-state index in [0.717, 1.165) is 37.0 Å². The molecule has 1 fully saturated rings. The Morgan fingerprint density at radius 2 is 2.11 bits per heavy atom. The number of carbonyl (C=O) groups is 1. The second kappa shape index (κ2) is 11.6. The van der Waals surface area contributed by atoms with Gasteiger partial charge in [0.05, 0.1) is 12.2 Å². The number of rotatable bonds is 11. The number of allylic oxidation sites excluding steroid dienone is 1. The lowest BCUT2D eigenvalue weighted by molar-refractivity contribution is 0.0702. The highest BCUT2D eigenvalue weighted by atomic mass is 35.5. The highest BCUT2D eigenvalue weighted by Crippen LogP contribution is 2.42. The number of thiol groups is 1. The van der Waals surface area contributed by atoms with Crippen molar-refractivity contribution >= 4 is 41.5 Å². The maximum Gasteiger partial charge on any atom is 0.345 e. The predicted octanol–water partition coefficient (Wildman–Crippen LogP) is 4.78. The first-order valence-electron chi connectivity index (χ1n) is 9.96. The lowest BCUT2D eigenvalue weighted by atomic mass is 9.89. The summed E-state index contributed by atoms with van der Waals surface area (Å²) in [5, 5.41) is 28.8. The largest absolute Gasteiger partial charge is 0.477 e. The van der Waals surface area contributed by atoms with Crippen LogP contribution in [-0.4, -0.2) is 44.1 Å². The second-order valence-corrected chi connectivity index (χ2v) is 10.1. The molecule has 0 unspecified atom stereocenters. The fourth-order valence-corrected chi connectivity index (χ4v) is 5.89. The number of carboxylic acid groups (broad SMARTS) is 1. The van der Waals surface area contributed by atoms with Crippen molar-refractivity contribution in [3.8, 4) is 0 Å². The summed E-state index contributed by atoms with van der Waals surface area (Å²) in [6, 6.07) is 3.56. The third kappa shape index (κ3) is 7.38. The lowest BCUT2D eigenvalue weighted by Gasteiger charge is -2.21. The van der Waals surface area contributed by atoms with E-state index in [1.807, 2.05) is 12.1 Å². The summed E-state index contributed by atoms with van der Waals surface area (Å²) in [4.78, 5) is 12.5. The van der Waals surface area contributed by atoms with Crippen molar-refractivity contribution < 1.29 is 20.1 Å². The molecule has 1 heterocycles. The lowest BCUT2D eigenvalue weighted by Crippen LogP contribution is -2.17. The molecule has 1 aliphatic carbocycles. The number of aliphatic hydroxyl groups excluding tert-OH is 2. The molecule has 1 aliphatic rings. The molecule has 0 bridgehead atoms. The van der Waals surface area contributed by atoms with Gasteiger partial charge >= 0.3 is 5.97 Å². The van der Waals surface area contributed by atoms with E-state index in [9.17, 15) is 15.0 Å². The first-order chi connectivity index (χ1) is 13.3. The van der Waals surface area contributed by atoms with Crippen LogP contribution in [0.4, 0.5) is 0 Å². The molecule has 2 rings (SSSR count). The van der Waals surface area contributed by atoms with Gasteiger partial charge in [-0.3, -0.25) is 0 Å². The molecule has 0 radical (unpaired) electrons. The average molecular weight is 447 g/mol. The van der Waals surface area contributed by atoms with Crippen molar-refractivity contribution in [1.82, 2.24) is 0 Å². The van der Waals surface area contributed by atoms with Crippen molar-refractivity contribution in [3.63, 3.8) is 0 Å². The predicted molar refractivity (Wildman–Crippen MR) is 119 cm³/mol. The van der Waals surface area contributed by atoms with Crippen LogP contribution in [0, 0.1) is 11.8 Å². The van der Waals surface area contributed by atoms with E-state index in [1.54, 1.807) is 13.0 Å². The Hall–Kier alpha value is -0.530. The van der Waals surface area contributed by atoms with Crippen LogP contribution in [0.1, 0.15) is 60.0 Å². The number of halogens is 1. The standard InChI is InChI=1S/C21H31ClO4S2/c1-13(23)4-2-5-14(24)8-10-17-16(18(22)12-19(17)27)7-3-6-15-9-11-20(28-15)21(25)26/h8-11,13-14,16-19,23-24,27H,2-7,12H2,1H3,(H,25,26)/t13-,14+,16-,17-,18-,19-/m1/s1. The minimum atomic E-state index is -0.872. The Kier molecular flexibility index (Phi) is 9.84. The normalized spacial score (nSPS) is 27.3. The Morgan fingerprint density at radius 3 is 2.75 bits per heavy atom. The van der Waals surface area contributed by atoms with E-state index >= 15 is 0 Å². The molecule has 3 N–H and O–H groups in total. The van der Waals surface area contributed by atoms with E-state index in [4.69, 9.17) is 29.3 Å². The van der Waals surface area contributed by atoms with Gasteiger partial charge in [-0.25, -0.2) is 4.79 Å². The molecule has 0 aromatic carbocycles. The maximum atomic E-state index is 11.0. The van der Waals surface area contributed by atoms with Gasteiger partial charge in [-0.15, -0.1) is 22.9 Å². The number of thiophene rings is 1. The zero-order valence-electron chi connectivity index (χ0n) is 16.2. The number of hydrogen-bond donors (Lipinski definition) is 4. The van der Waals surface area contributed by atoms with E-state index in [0.29, 0.717) is 23.6 Å². The Labute approximate surface area is 182 Å². The van der Waals surface area contributed by atoms with Gasteiger partial charge in [-0.2, -0.15) is 12.6 Å². The van der Waals surface area contributed by atoms with Gasteiger partial charge in [0.25, 0.3) is 0 Å². The van der Waals surface area contributed by atoms with Gasteiger partial charge in [0.1, 0.15) is 4.88 Å². The van der Waals surface area contributed by atoms with Gasteiger partial charge in [-0.05, 0) is 75.8 Å². The smallest absolute Gasteiger partial charge is 0.345 e. The molecule has 4 nitrogen and oxygen atoms in total. The van der Waals surface area contributed by atoms with E-state index in [1.165, 1.54) is 11.3 Å². The van der Waals surface area contributed by atoms with Crippen LogP contribution in [0.15, 0.2) is 24.3 Å². The van der Waals surface area contributed by atoms with Gasteiger partial charge in [0.2, 0.25) is 0 Å². The van der Waals surface area contributed by atoms with Crippen molar-refractivity contribution in [1.29, 1.82) is 0 Å². The summed E-state index contributed by atoms with van der Waals surface area (Å²) in [5.74, 6) is -0.331. The SMILES string of the molecule is C[C@@H](O)CCC[C@H](O)C=C[C@@H]1[C@@H](CCCc2ccc(C(=O)O)s2)[C@H](Cl)C[C@H]1S. The molecule has 1 aromatic heterocycles. The van der Waals surface area contributed by atoms with Crippen LogP contribution in [0.3, 0.4) is 0 Å². The molecular formula is C21H31ClO4S2. The first-order valence-corrected chi connectivity index (χ1v) is 11.7. The zero-order valence-corrected chi connectivity index (χ0v) is 18.7. The molecule has 158 valence electrons. The zero-order chi connectivity index (χ0) is 20.7. The number of aromatic carboxylic acids is 1. The number of alkyl halides is 1. The fraction of sp³-hybridized carbons (Fsp3) is 0.667. The topological polar surface area (TPSA) is 77.8 Å². The molecule has 0 amide bonds. The third-order valence-electron chi connectivity index (χ3n) is 5.38. The highest BCUT2D eigenvalue weighted by Gasteiger charge is 2.38. The molecular weight excluding hydrogens is 416 g/mol. The van der Waals surface area contributed by atoms with E-state index in [2.05, 4.69) is 6.08 Å². The number of hydrogen-bond acceptors (Lipinski definition) is 5. The molecule has 0 spiro atoms. The molecule has 28 heavy (non-hydrogen) atoms. The van der Waals surface area contributed by atoms with Crippen LogP contribution < -0.4 is 0 Å². The monoisotopic (exact) mass is 446 g/mol. The molecule has 0 aliphatic heterocycles. The van der Waals surface area contributed by atoms with Crippen LogP contribution >= 0.6 is 35.6 Å². The van der Waals surface area contributed by atoms with E-state index < -0.39 is 12.1 Å². The molecule has 1 saturated carbocycles. The highest BCUT2D eigenvalue weighted by molar-refractivity contribution is 7.81. The van der Waals surface area contributed by atoms with E-state index in [-0.39, 0.29) is 22.6 Å². The summed E-state index contributed by atoms with van der Waals surface area (Å²) in [7, 11) is 0. The van der Waals surface area contributed by atoms with Crippen molar-refractivity contribution in [2.45, 2.75) is 74.7 Å². The molecule has 6 atom stereocenters. The van der Waals surface area contributed by atoms with Crippen LogP contribution in [-0.2, 0) is 6.42 Å². The van der Waals surface area contributed by atoms with Crippen LogP contribution in [0.5, 0.6) is 0 Å². The third-order valence-corrected chi connectivity index (χ3v) is 7.57. The number of aryl methyl sites for hydroxylation is 1. The summed E-state index contributed by atoms with van der Waals surface area (Å²) >= 11 is 12.6. The Morgan fingerprint density at radius 1 is 1.36 bits per heavy atom. The van der Waals surface area contributed by atoms with Crippen LogP contribution in [0.2, 0.25) is 0 Å². The minimum absolute atomic E-state index is 0.0717. The molecule has 1 aromatic rings. The molecule has 7 heteroatoms. The van der Waals surface area contributed by atoms with Gasteiger partial charge in [0.15, 0.2) is 0 Å². The number of aliphatic hydroxyl groups is 2. The fourth-order valence-electron chi connectivity index (χ4n) is 3.85. The van der Waals surface area contributed by atoms with Crippen LogP contribution in [0.25, 0.3) is 0 Å². The molecule has 0 saturated heterocycles. The summed E-state index contributed by atoms with van der Waals surface area (Å²) in [6.07, 6.45) is 8.85. The van der Waals surface area contributed by atoms with Gasteiger partial charge in [-0.1, -0.05) is 12.2 Å². The average Bonchev–Trinajstić information content (AvgIpc) is 3.18. The van der Waals surface area contributed by atoms with Gasteiger partial charge in [0, 0.05) is 15.5 Å². The second-order valence-electron chi connectivity index (χ2n) is 7.76. The van der Waals surface area contributed by atoms with Crippen molar-refractivity contribution in [3.05, 3.63) is 34.0 Å².